The van der Waals surface area contributed by atoms with Crippen molar-refractivity contribution in [1.29, 1.82) is 0 Å². The molecule has 0 saturated carbocycles. The number of thiol groups is 1. The molecule has 0 unspecified atom stereocenters. The van der Waals surface area contributed by atoms with E-state index in [9.17, 15) is 30.4 Å². The summed E-state index contributed by atoms with van der Waals surface area (Å²) in [5, 5.41) is 0. The maximum atomic E-state index is 13.1. The van der Waals surface area contributed by atoms with Crippen LogP contribution >= 0.6 is 10.9 Å². The Morgan fingerprint density at radius 1 is 0.682 bits per heavy atom. The Morgan fingerprint density at radius 2 is 1.00 bits per heavy atom. The number of fused-ring (bicyclic) bond motifs is 3. The van der Waals surface area contributed by atoms with E-state index >= 15 is 0 Å². The molecule has 0 amide bonds. The van der Waals surface area contributed by atoms with Crippen LogP contribution in [0.3, 0.4) is 0 Å². The molecular weight excluding hydrogens is 332 g/mol. The van der Waals surface area contributed by atoms with Crippen molar-refractivity contribution in [2.24, 2.45) is 0 Å². The first-order chi connectivity index (χ1) is 10.1. The van der Waals surface area contributed by atoms with Gasteiger partial charge in [0.2, 0.25) is 0 Å². The van der Waals surface area contributed by atoms with E-state index in [1.54, 1.807) is 48.5 Å². The van der Waals surface area contributed by atoms with Gasteiger partial charge in [0, 0.05) is 9.79 Å². The number of hydrogen-bond acceptors (Lipinski definition) is 0. The van der Waals surface area contributed by atoms with Crippen molar-refractivity contribution in [2.75, 3.05) is 0 Å². The number of alkyl halides is 3. The lowest BCUT2D eigenvalue weighted by Gasteiger charge is -2.21. The molecule has 1 heterocycles. The van der Waals surface area contributed by atoms with Crippen LogP contribution in [-0.2, 0) is 0 Å². The van der Waals surface area contributed by atoms with Crippen molar-refractivity contribution in [1.82, 2.24) is 0 Å². The maximum absolute atomic E-state index is 13.1. The second kappa shape index (κ2) is 5.87. The van der Waals surface area contributed by atoms with Gasteiger partial charge in [-0.3, -0.25) is 0 Å². The van der Waals surface area contributed by atoms with Crippen LogP contribution in [0.4, 0.5) is 30.4 Å². The topological polar surface area (TPSA) is 0 Å². The van der Waals surface area contributed by atoms with Crippen molar-refractivity contribution >= 4 is 18.1 Å². The van der Waals surface area contributed by atoms with E-state index in [0.29, 0.717) is 9.79 Å². The molecule has 0 N–H and O–H groups in total. The normalized spacial score (nSPS) is 14.8. The van der Waals surface area contributed by atoms with E-state index in [4.69, 9.17) is 0 Å². The zero-order chi connectivity index (χ0) is 16.5. The van der Waals surface area contributed by atoms with Crippen molar-refractivity contribution in [3.8, 4) is 11.1 Å². The lowest BCUT2D eigenvalue weighted by Crippen LogP contribution is -2.07. The second-order valence-electron chi connectivity index (χ2n) is 4.33. The zero-order valence-electron chi connectivity index (χ0n) is 10.8. The van der Waals surface area contributed by atoms with E-state index in [1.165, 1.54) is 0 Å². The molecule has 9 heteroatoms. The first-order valence-corrected chi connectivity index (χ1v) is 7.36. The van der Waals surface area contributed by atoms with Crippen LogP contribution in [0.1, 0.15) is 0 Å². The smallest absolute Gasteiger partial charge is 0.418 e. The fourth-order valence-corrected chi connectivity index (χ4v) is 4.34. The summed E-state index contributed by atoms with van der Waals surface area (Å²) in [7, 11) is -8.22. The predicted molar refractivity (Wildman–Crippen MR) is 73.6 cm³/mol. The molecule has 1 aliphatic rings. The van der Waals surface area contributed by atoms with Crippen LogP contribution in [0.15, 0.2) is 58.3 Å². The van der Waals surface area contributed by atoms with Crippen LogP contribution in [0.5, 0.6) is 0 Å². The van der Waals surface area contributed by atoms with E-state index in [1.807, 2.05) is 0 Å². The van der Waals surface area contributed by atoms with E-state index in [-0.39, 0.29) is 0 Å². The van der Waals surface area contributed by atoms with Gasteiger partial charge < -0.3 is 17.3 Å². The van der Waals surface area contributed by atoms with Crippen LogP contribution in [0, 0.1) is 0 Å². The number of benzene rings is 2. The Kier molecular flexibility index (Phi) is 4.46. The third-order valence-corrected chi connectivity index (χ3v) is 5.08. The monoisotopic (exact) mass is 341 g/mol. The third kappa shape index (κ3) is 3.76. The highest BCUT2D eigenvalue weighted by Crippen LogP contribution is 2.65. The van der Waals surface area contributed by atoms with Gasteiger partial charge in [0.05, 0.1) is 0 Å². The summed E-state index contributed by atoms with van der Waals surface area (Å²) in [5.74, 6) is 0. The predicted octanol–water partition coefficient (Wildman–Crippen LogP) is 5.91. The molecule has 22 heavy (non-hydrogen) atoms. The Labute approximate surface area is 124 Å². The van der Waals surface area contributed by atoms with Crippen LogP contribution in [0.2, 0.25) is 0 Å². The van der Waals surface area contributed by atoms with E-state index in [0.717, 1.165) is 11.1 Å². The maximum Gasteiger partial charge on any atom is 0.673 e. The molecule has 0 fully saturated rings. The molecule has 0 nitrogen and oxygen atoms in total. The van der Waals surface area contributed by atoms with E-state index in [2.05, 4.69) is 0 Å². The first-order valence-electron chi connectivity index (χ1n) is 6.02. The fraction of sp³-hybridized carbons (Fsp3) is 0.0769. The molecule has 0 aliphatic carbocycles. The zero-order valence-corrected chi connectivity index (χ0v) is 11.7. The Balaban J connectivity index is 0.000000309. The van der Waals surface area contributed by atoms with Gasteiger partial charge >= 0.3 is 12.8 Å². The largest absolute Gasteiger partial charge is 0.673 e. The SMILES string of the molecule is FC(F)(F)[SH]1c2ccccc2-c2ccccc21.F[B-](F)(F)F. The molecule has 0 spiro atoms. The standard InChI is InChI=1S/C13H9F3S.BF4/c14-13(15,16)17-11-7-3-1-5-9(11)10-6-2-4-8-12(10)17;2-1(3,4)5/h1-8,17H;/q;-1. The Morgan fingerprint density at radius 3 is 1.32 bits per heavy atom. The average Bonchev–Trinajstić information content (AvgIpc) is 2.71. The highest BCUT2D eigenvalue weighted by Gasteiger charge is 2.43. The minimum Gasteiger partial charge on any atom is -0.418 e. The van der Waals surface area contributed by atoms with Gasteiger partial charge in [-0.25, -0.2) is 0 Å². The summed E-state index contributed by atoms with van der Waals surface area (Å²) < 4.78 is 78.4. The van der Waals surface area contributed by atoms with Gasteiger partial charge in [-0.2, -0.15) is 13.2 Å². The Hall–Kier alpha value is -1.64. The second-order valence-corrected chi connectivity index (χ2v) is 6.47. The summed E-state index contributed by atoms with van der Waals surface area (Å²) in [6.07, 6.45) is 0. The quantitative estimate of drug-likeness (QED) is 0.344. The third-order valence-electron chi connectivity index (χ3n) is 2.83. The van der Waals surface area contributed by atoms with Gasteiger partial charge in [0.1, 0.15) is 0 Å². The molecule has 2 aromatic rings. The molecular formula is C13H9BF7S-. The molecule has 0 atom stereocenters. The lowest BCUT2D eigenvalue weighted by molar-refractivity contribution is -0.0353. The lowest BCUT2D eigenvalue weighted by atomic mass is 10.1. The molecule has 1 aliphatic heterocycles. The Bertz CT molecular complexity index is 614. The van der Waals surface area contributed by atoms with Gasteiger partial charge in [0.25, 0.3) is 0 Å². The fourth-order valence-electron chi connectivity index (χ4n) is 2.20. The van der Waals surface area contributed by atoms with Crippen molar-refractivity contribution in [3.05, 3.63) is 48.5 Å². The summed E-state index contributed by atoms with van der Waals surface area (Å²) in [6.45, 7) is 0. The van der Waals surface area contributed by atoms with Crippen LogP contribution in [-0.4, -0.2) is 12.8 Å². The first kappa shape index (κ1) is 16.7. The number of hydrogen-bond donors (Lipinski definition) is 1. The summed E-state index contributed by atoms with van der Waals surface area (Å²) >= 11 is 0. The molecule has 120 valence electrons. The van der Waals surface area contributed by atoms with Gasteiger partial charge in [0.15, 0.2) is 0 Å². The number of rotatable bonds is 0. The van der Waals surface area contributed by atoms with Crippen molar-refractivity contribution in [3.63, 3.8) is 0 Å². The van der Waals surface area contributed by atoms with Crippen LogP contribution in [0.25, 0.3) is 11.1 Å². The molecule has 0 radical (unpaired) electrons. The summed E-state index contributed by atoms with van der Waals surface area (Å²) in [5.41, 5.74) is -2.71. The van der Waals surface area contributed by atoms with Crippen molar-refractivity contribution < 1.29 is 30.4 Å². The van der Waals surface area contributed by atoms with Crippen LogP contribution < -0.4 is 0 Å². The van der Waals surface area contributed by atoms with Crippen molar-refractivity contribution in [2.45, 2.75) is 15.3 Å². The highest BCUT2D eigenvalue weighted by molar-refractivity contribution is 8.18. The summed E-state index contributed by atoms with van der Waals surface area (Å²) in [4.78, 5) is 0.854. The average molecular weight is 341 g/mol. The molecule has 3 rings (SSSR count). The minimum atomic E-state index is -6.00. The highest BCUT2D eigenvalue weighted by atomic mass is 32.2. The number of halogens is 7. The van der Waals surface area contributed by atoms with Gasteiger partial charge in [-0.1, -0.05) is 36.4 Å². The van der Waals surface area contributed by atoms with E-state index < -0.39 is 23.7 Å². The molecule has 2 aromatic carbocycles. The summed E-state index contributed by atoms with van der Waals surface area (Å²) in [6, 6.07) is 13.6. The molecule has 0 bridgehead atoms. The molecule has 0 saturated heterocycles. The molecule has 0 aromatic heterocycles. The van der Waals surface area contributed by atoms with Gasteiger partial charge in [-0.15, -0.1) is 10.9 Å². The minimum absolute atomic E-state index is 0.427. The van der Waals surface area contributed by atoms with Gasteiger partial charge in [-0.05, 0) is 23.3 Å².